The van der Waals surface area contributed by atoms with Crippen LogP contribution in [0.3, 0.4) is 0 Å². The van der Waals surface area contributed by atoms with Gasteiger partial charge in [-0.2, -0.15) is 0 Å². The number of methoxy groups -OCH3 is 1. The summed E-state index contributed by atoms with van der Waals surface area (Å²) >= 11 is 7.05. The summed E-state index contributed by atoms with van der Waals surface area (Å²) in [4.78, 5) is 9.10. The number of ether oxygens (including phenoxy) is 2. The maximum absolute atomic E-state index is 12.3. The zero-order chi connectivity index (χ0) is 23.7. The normalized spacial score (nSPS) is 19.9. The fraction of sp³-hybridized carbons (Fsp3) is 0.538. The van der Waals surface area contributed by atoms with Gasteiger partial charge in [0.15, 0.2) is 0 Å². The number of imidazole rings is 1. The van der Waals surface area contributed by atoms with Crippen molar-refractivity contribution in [2.75, 3.05) is 33.4 Å². The second-order valence-corrected chi connectivity index (χ2v) is 9.96. The third kappa shape index (κ3) is 4.19. The number of nitrogens with zero attached hydrogens (tertiary/aromatic N) is 3. The molecule has 34 heavy (non-hydrogen) atoms. The first-order valence-corrected chi connectivity index (χ1v) is 12.5. The summed E-state index contributed by atoms with van der Waals surface area (Å²) in [7, 11) is 3.57. The van der Waals surface area contributed by atoms with E-state index in [1.165, 1.54) is 0 Å². The Labute approximate surface area is 205 Å². The number of aryl methyl sites for hydroxylation is 1. The van der Waals surface area contributed by atoms with Gasteiger partial charge < -0.3 is 24.5 Å². The van der Waals surface area contributed by atoms with Gasteiger partial charge >= 0.3 is 0 Å². The Kier molecular flexibility index (Phi) is 6.80. The van der Waals surface area contributed by atoms with Crippen molar-refractivity contribution in [1.29, 1.82) is 0 Å². The van der Waals surface area contributed by atoms with Crippen LogP contribution in [-0.2, 0) is 23.8 Å². The van der Waals surface area contributed by atoms with Crippen molar-refractivity contribution in [3.8, 4) is 5.88 Å². The zero-order valence-corrected chi connectivity index (χ0v) is 20.6. The van der Waals surface area contributed by atoms with Crippen LogP contribution < -0.4 is 10.1 Å². The molecule has 2 aliphatic heterocycles. The first-order valence-electron chi connectivity index (χ1n) is 12.2. The average molecular weight is 485 g/mol. The third-order valence-electron chi connectivity index (χ3n) is 7.58. The maximum atomic E-state index is 12.3. The highest BCUT2D eigenvalue weighted by atomic mass is 35.5. The van der Waals surface area contributed by atoms with E-state index in [0.29, 0.717) is 16.8 Å². The van der Waals surface area contributed by atoms with E-state index < -0.39 is 5.60 Å². The fourth-order valence-corrected chi connectivity index (χ4v) is 5.93. The lowest BCUT2D eigenvalue weighted by atomic mass is 9.74. The number of pyridine rings is 1. The summed E-state index contributed by atoms with van der Waals surface area (Å²) in [5.41, 5.74) is 2.14. The average Bonchev–Trinajstić information content (AvgIpc) is 3.32. The SMILES string of the molecule is COc1nc2ccc(C(O)(c3cncn3C)C3CCNCC3)cc2c(Cl)c1CC1CCOCC1. The number of benzene rings is 1. The van der Waals surface area contributed by atoms with Gasteiger partial charge in [0.25, 0.3) is 0 Å². The Balaban J connectivity index is 1.62. The van der Waals surface area contributed by atoms with Crippen LogP contribution in [0.5, 0.6) is 5.88 Å². The summed E-state index contributed by atoms with van der Waals surface area (Å²) in [5.74, 6) is 1.13. The number of halogens is 1. The molecule has 0 bridgehead atoms. The molecule has 2 aromatic heterocycles. The van der Waals surface area contributed by atoms with Gasteiger partial charge in [0.2, 0.25) is 5.88 Å². The zero-order valence-electron chi connectivity index (χ0n) is 19.9. The molecular weight excluding hydrogens is 452 g/mol. The number of aromatic nitrogens is 3. The first-order chi connectivity index (χ1) is 16.5. The predicted octanol–water partition coefficient (Wildman–Crippen LogP) is 3.83. The van der Waals surface area contributed by atoms with Gasteiger partial charge in [-0.1, -0.05) is 17.7 Å². The van der Waals surface area contributed by atoms with E-state index in [0.717, 1.165) is 86.1 Å². The molecule has 2 N–H and O–H groups in total. The van der Waals surface area contributed by atoms with E-state index >= 15 is 0 Å². The second-order valence-electron chi connectivity index (χ2n) is 9.59. The highest BCUT2D eigenvalue weighted by Crippen LogP contribution is 2.43. The van der Waals surface area contributed by atoms with E-state index in [1.807, 2.05) is 29.8 Å². The Bertz CT molecular complexity index is 1150. The number of hydrogen-bond acceptors (Lipinski definition) is 6. The Morgan fingerprint density at radius 2 is 2.00 bits per heavy atom. The standard InChI is InChI=1S/C26H33ClN4O3/c1-31-16-29-15-23(31)26(32,18-5-9-28-10-6-18)19-3-4-22-20(14-19)24(27)21(25(30-22)33-2)13-17-7-11-34-12-8-17/h3-4,14-18,28,32H,5-13H2,1-2H3. The van der Waals surface area contributed by atoms with E-state index in [4.69, 9.17) is 26.1 Å². The minimum atomic E-state index is -1.17. The Morgan fingerprint density at radius 1 is 1.24 bits per heavy atom. The molecule has 0 amide bonds. The molecule has 0 spiro atoms. The lowest BCUT2D eigenvalue weighted by Crippen LogP contribution is -2.43. The molecule has 5 rings (SSSR count). The van der Waals surface area contributed by atoms with Crippen LogP contribution in [0, 0.1) is 11.8 Å². The number of aliphatic hydroxyl groups is 1. The fourth-order valence-electron chi connectivity index (χ4n) is 5.62. The van der Waals surface area contributed by atoms with Crippen molar-refractivity contribution < 1.29 is 14.6 Å². The summed E-state index contributed by atoms with van der Waals surface area (Å²) in [6, 6.07) is 5.94. The summed E-state index contributed by atoms with van der Waals surface area (Å²) in [6.07, 6.45) is 8.09. The molecular formula is C26H33ClN4O3. The van der Waals surface area contributed by atoms with Crippen molar-refractivity contribution in [2.45, 2.75) is 37.7 Å². The van der Waals surface area contributed by atoms with Crippen LogP contribution in [0.15, 0.2) is 30.7 Å². The molecule has 0 aliphatic carbocycles. The van der Waals surface area contributed by atoms with Gasteiger partial charge in [-0.3, -0.25) is 0 Å². The van der Waals surface area contributed by atoms with Crippen molar-refractivity contribution in [3.63, 3.8) is 0 Å². The molecule has 3 aromatic rings. The number of hydrogen-bond donors (Lipinski definition) is 2. The smallest absolute Gasteiger partial charge is 0.218 e. The molecule has 0 radical (unpaired) electrons. The van der Waals surface area contributed by atoms with E-state index in [2.05, 4.69) is 10.3 Å². The lowest BCUT2D eigenvalue weighted by Gasteiger charge is -2.39. The van der Waals surface area contributed by atoms with Gasteiger partial charge in [0.05, 0.1) is 35.9 Å². The van der Waals surface area contributed by atoms with Crippen LogP contribution in [-0.4, -0.2) is 53.1 Å². The minimum absolute atomic E-state index is 0.0632. The van der Waals surface area contributed by atoms with Crippen molar-refractivity contribution in [1.82, 2.24) is 19.9 Å². The molecule has 7 nitrogen and oxygen atoms in total. The maximum Gasteiger partial charge on any atom is 0.218 e. The van der Waals surface area contributed by atoms with Crippen LogP contribution in [0.4, 0.5) is 0 Å². The highest BCUT2D eigenvalue weighted by molar-refractivity contribution is 6.36. The molecule has 2 aliphatic rings. The first kappa shape index (κ1) is 23.5. The largest absolute Gasteiger partial charge is 0.481 e. The highest BCUT2D eigenvalue weighted by Gasteiger charge is 2.43. The molecule has 8 heteroatoms. The summed E-state index contributed by atoms with van der Waals surface area (Å²) in [6.45, 7) is 3.33. The quantitative estimate of drug-likeness (QED) is 0.553. The summed E-state index contributed by atoms with van der Waals surface area (Å²) < 4.78 is 13.1. The minimum Gasteiger partial charge on any atom is -0.481 e. The van der Waals surface area contributed by atoms with Crippen LogP contribution in [0.1, 0.15) is 42.5 Å². The Hall–Kier alpha value is -2.19. The van der Waals surface area contributed by atoms with Gasteiger partial charge in [-0.15, -0.1) is 0 Å². The number of piperidine rings is 1. The predicted molar refractivity (Wildman–Crippen MR) is 132 cm³/mol. The van der Waals surface area contributed by atoms with Gasteiger partial charge in [0, 0.05) is 37.1 Å². The van der Waals surface area contributed by atoms with Crippen LogP contribution in [0.25, 0.3) is 10.9 Å². The third-order valence-corrected chi connectivity index (χ3v) is 8.01. The van der Waals surface area contributed by atoms with E-state index in [-0.39, 0.29) is 5.92 Å². The Morgan fingerprint density at radius 3 is 2.68 bits per heavy atom. The van der Waals surface area contributed by atoms with Gasteiger partial charge in [-0.05, 0) is 68.8 Å². The van der Waals surface area contributed by atoms with E-state index in [9.17, 15) is 5.11 Å². The van der Waals surface area contributed by atoms with E-state index in [1.54, 1.807) is 19.6 Å². The van der Waals surface area contributed by atoms with Crippen LogP contribution in [0.2, 0.25) is 5.02 Å². The molecule has 1 unspecified atom stereocenters. The van der Waals surface area contributed by atoms with Crippen molar-refractivity contribution >= 4 is 22.5 Å². The molecule has 1 aromatic carbocycles. The molecule has 1 atom stereocenters. The molecule has 0 saturated carbocycles. The molecule has 2 saturated heterocycles. The molecule has 2 fully saturated rings. The van der Waals surface area contributed by atoms with Crippen molar-refractivity contribution in [2.24, 2.45) is 18.9 Å². The lowest BCUT2D eigenvalue weighted by molar-refractivity contribution is -0.00364. The van der Waals surface area contributed by atoms with Crippen LogP contribution >= 0.6 is 11.6 Å². The molecule has 4 heterocycles. The number of nitrogens with one attached hydrogen (secondary N) is 1. The second kappa shape index (κ2) is 9.82. The summed E-state index contributed by atoms with van der Waals surface area (Å²) in [5, 5.41) is 17.3. The monoisotopic (exact) mass is 484 g/mol. The van der Waals surface area contributed by atoms with Gasteiger partial charge in [-0.25, -0.2) is 9.97 Å². The number of rotatable bonds is 6. The molecule has 182 valence electrons. The van der Waals surface area contributed by atoms with Gasteiger partial charge in [0.1, 0.15) is 5.60 Å². The number of fused-ring (bicyclic) bond motifs is 1. The van der Waals surface area contributed by atoms with Crippen molar-refractivity contribution in [3.05, 3.63) is 52.6 Å². The topological polar surface area (TPSA) is 81.4 Å².